The van der Waals surface area contributed by atoms with Gasteiger partial charge in [-0.25, -0.2) is 0 Å². The Morgan fingerprint density at radius 2 is 1.36 bits per heavy atom. The molecule has 0 nitrogen and oxygen atoms in total. The maximum Gasteiger partial charge on any atom is -0.00295 e. The molecule has 3 aromatic carbocycles. The third-order valence-electron chi connectivity index (χ3n) is 6.34. The summed E-state index contributed by atoms with van der Waals surface area (Å²) in [6, 6.07) is 17.8. The molecule has 0 spiro atoms. The molecule has 0 N–H and O–H groups in total. The first-order valence-corrected chi connectivity index (χ1v) is 12.1. The van der Waals surface area contributed by atoms with Crippen molar-refractivity contribution in [3.63, 3.8) is 0 Å². The summed E-state index contributed by atoms with van der Waals surface area (Å²) >= 11 is 0. The van der Waals surface area contributed by atoms with Crippen LogP contribution < -0.4 is 0 Å². The molecular weight excluding hydrogens is 396 g/mol. The van der Waals surface area contributed by atoms with E-state index in [4.69, 9.17) is 0 Å². The van der Waals surface area contributed by atoms with Crippen LogP contribution in [0.3, 0.4) is 0 Å². The number of hydrogen-bond acceptors (Lipinski definition) is 0. The van der Waals surface area contributed by atoms with Gasteiger partial charge in [0, 0.05) is 0 Å². The molecule has 0 saturated carbocycles. The second-order valence-corrected chi connectivity index (χ2v) is 8.88. The summed E-state index contributed by atoms with van der Waals surface area (Å²) in [5.74, 6) is 0.813. The molecule has 1 aliphatic rings. The predicted octanol–water partition coefficient (Wildman–Crippen LogP) is 9.70. The van der Waals surface area contributed by atoms with Crippen LogP contribution in [-0.4, -0.2) is 0 Å². The predicted molar refractivity (Wildman–Crippen MR) is 148 cm³/mol. The fourth-order valence-corrected chi connectivity index (χ4v) is 4.80. The lowest BCUT2D eigenvalue weighted by Gasteiger charge is -2.19. The zero-order valence-electron chi connectivity index (χ0n) is 20.3. The zero-order valence-corrected chi connectivity index (χ0v) is 20.3. The summed E-state index contributed by atoms with van der Waals surface area (Å²) in [5.41, 5.74) is 5.20. The van der Waals surface area contributed by atoms with Crippen LogP contribution >= 0.6 is 0 Å². The van der Waals surface area contributed by atoms with E-state index in [0.29, 0.717) is 11.8 Å². The van der Waals surface area contributed by atoms with E-state index in [9.17, 15) is 0 Å². The summed E-state index contributed by atoms with van der Waals surface area (Å²) in [4.78, 5) is 0. The monoisotopic (exact) mass is 430 g/mol. The van der Waals surface area contributed by atoms with Gasteiger partial charge in [0.05, 0.1) is 0 Å². The van der Waals surface area contributed by atoms with E-state index in [1.807, 2.05) is 0 Å². The Hall–Kier alpha value is -3.38. The Labute approximate surface area is 199 Å². The highest BCUT2D eigenvalue weighted by atomic mass is 14.2. The van der Waals surface area contributed by atoms with Gasteiger partial charge in [-0.15, -0.1) is 0 Å². The fourth-order valence-electron chi connectivity index (χ4n) is 4.80. The summed E-state index contributed by atoms with van der Waals surface area (Å²) < 4.78 is 0. The van der Waals surface area contributed by atoms with Crippen LogP contribution in [0.1, 0.15) is 45.2 Å². The molecule has 2 unspecified atom stereocenters. The van der Waals surface area contributed by atoms with Crippen molar-refractivity contribution in [2.24, 2.45) is 11.8 Å². The Morgan fingerprint density at radius 3 is 1.97 bits per heavy atom. The number of allylic oxidation sites excluding steroid dienone is 12. The molecule has 4 rings (SSSR count). The Bertz CT molecular complexity index is 1260. The molecule has 0 bridgehead atoms. The van der Waals surface area contributed by atoms with Crippen molar-refractivity contribution in [1.29, 1.82) is 0 Å². The van der Waals surface area contributed by atoms with Crippen LogP contribution in [0.5, 0.6) is 0 Å². The maximum atomic E-state index is 2.42. The molecule has 0 aromatic heterocycles. The van der Waals surface area contributed by atoms with Crippen LogP contribution in [0, 0.1) is 11.8 Å². The van der Waals surface area contributed by atoms with E-state index in [-0.39, 0.29) is 0 Å². The van der Waals surface area contributed by atoms with Crippen LogP contribution in [0.25, 0.3) is 32.7 Å². The minimum Gasteiger partial charge on any atom is -0.0871 e. The second kappa shape index (κ2) is 10.5. The Balaban J connectivity index is 2.09. The largest absolute Gasteiger partial charge is 0.0871 e. The average molecular weight is 431 g/mol. The van der Waals surface area contributed by atoms with Crippen molar-refractivity contribution >= 4 is 32.7 Å². The summed E-state index contributed by atoms with van der Waals surface area (Å²) in [6.45, 7) is 8.74. The molecule has 166 valence electrons. The molecule has 0 heteroatoms. The van der Waals surface area contributed by atoms with E-state index in [0.717, 1.165) is 6.42 Å². The first kappa shape index (κ1) is 22.8. The van der Waals surface area contributed by atoms with E-state index >= 15 is 0 Å². The smallest absolute Gasteiger partial charge is 0.00295 e. The van der Waals surface area contributed by atoms with Crippen LogP contribution in [0.4, 0.5) is 0 Å². The van der Waals surface area contributed by atoms with Gasteiger partial charge in [-0.05, 0) is 75.9 Å². The zero-order chi connectivity index (χ0) is 23.2. The molecule has 0 radical (unpaired) electrons. The summed E-state index contributed by atoms with van der Waals surface area (Å²) in [5, 5.41) is 5.22. The fraction of sp³-hybridized carbons (Fsp3) is 0.212. The lowest BCUT2D eigenvalue weighted by atomic mass is 9.84. The van der Waals surface area contributed by atoms with Crippen LogP contribution in [0.2, 0.25) is 0 Å². The van der Waals surface area contributed by atoms with Gasteiger partial charge in [0.15, 0.2) is 0 Å². The van der Waals surface area contributed by atoms with E-state index < -0.39 is 0 Å². The van der Waals surface area contributed by atoms with E-state index in [1.165, 1.54) is 43.8 Å². The average Bonchev–Trinajstić information content (AvgIpc) is 2.87. The highest BCUT2D eigenvalue weighted by Gasteiger charge is 2.17. The van der Waals surface area contributed by atoms with E-state index in [2.05, 4.69) is 137 Å². The molecule has 1 aliphatic carbocycles. The summed E-state index contributed by atoms with van der Waals surface area (Å²) in [7, 11) is 0. The maximum absolute atomic E-state index is 2.42. The van der Waals surface area contributed by atoms with Crippen LogP contribution in [-0.2, 0) is 0 Å². The number of fused-ring (bicyclic) bond motifs is 2. The molecule has 0 saturated heterocycles. The SMILES string of the molecule is C/C=C\C(=C/C)c1c2ccccc2c(C2=C/C(C)/C=C\C(C)/C=C\C/C=C\2)c2ccccc12. The minimum atomic E-state index is 0.352. The molecule has 0 heterocycles. The van der Waals surface area contributed by atoms with Crippen LogP contribution in [0.15, 0.2) is 109 Å². The number of rotatable bonds is 3. The quantitative estimate of drug-likeness (QED) is 0.220. The Kier molecular flexibility index (Phi) is 7.25. The number of benzene rings is 3. The molecule has 3 aromatic rings. The van der Waals surface area contributed by atoms with Crippen molar-refractivity contribution in [2.75, 3.05) is 0 Å². The molecule has 0 amide bonds. The van der Waals surface area contributed by atoms with Crippen molar-refractivity contribution < 1.29 is 0 Å². The molecule has 33 heavy (non-hydrogen) atoms. The van der Waals surface area contributed by atoms with Crippen molar-refractivity contribution in [2.45, 2.75) is 34.1 Å². The van der Waals surface area contributed by atoms with E-state index in [1.54, 1.807) is 0 Å². The molecule has 2 atom stereocenters. The van der Waals surface area contributed by atoms with Gasteiger partial charge in [0.25, 0.3) is 0 Å². The highest BCUT2D eigenvalue weighted by molar-refractivity contribution is 6.17. The topological polar surface area (TPSA) is 0 Å². The lowest BCUT2D eigenvalue weighted by molar-refractivity contribution is 0.882. The molecular formula is C33H34. The molecule has 0 aliphatic heterocycles. The van der Waals surface area contributed by atoms with Gasteiger partial charge in [-0.3, -0.25) is 0 Å². The third kappa shape index (κ3) is 4.86. The van der Waals surface area contributed by atoms with Gasteiger partial charge in [0.2, 0.25) is 0 Å². The van der Waals surface area contributed by atoms with Gasteiger partial charge in [0.1, 0.15) is 0 Å². The lowest BCUT2D eigenvalue weighted by Crippen LogP contribution is -1.96. The van der Waals surface area contributed by atoms with Crippen molar-refractivity contribution in [3.8, 4) is 0 Å². The first-order chi connectivity index (χ1) is 16.1. The molecule has 0 fully saturated rings. The van der Waals surface area contributed by atoms with Crippen molar-refractivity contribution in [3.05, 3.63) is 120 Å². The first-order valence-electron chi connectivity index (χ1n) is 12.1. The minimum absolute atomic E-state index is 0.352. The highest BCUT2D eigenvalue weighted by Crippen LogP contribution is 2.41. The Morgan fingerprint density at radius 1 is 0.758 bits per heavy atom. The van der Waals surface area contributed by atoms with Gasteiger partial charge in [-0.2, -0.15) is 0 Å². The summed E-state index contributed by atoms with van der Waals surface area (Å²) in [6.07, 6.45) is 23.8. The van der Waals surface area contributed by atoms with Crippen molar-refractivity contribution in [1.82, 2.24) is 0 Å². The normalized spacial score (nSPS) is 24.4. The number of hydrogen-bond donors (Lipinski definition) is 0. The second-order valence-electron chi connectivity index (χ2n) is 8.88. The van der Waals surface area contributed by atoms with Gasteiger partial charge < -0.3 is 0 Å². The van der Waals surface area contributed by atoms with Gasteiger partial charge >= 0.3 is 0 Å². The standard InChI is InChI=1S/C33H34/c1-5-14-26(6-2)32-28-17-10-12-19-30(28)33(31-20-13-11-18-29(31)32)27-16-9-7-8-15-24(3)21-22-25(4)23-27/h5-6,8-25H,7H2,1-4H3/b14-5-,15-8-,16-9-,22-21-,26-6+,27-23+. The third-order valence-corrected chi connectivity index (χ3v) is 6.34. The van der Waals surface area contributed by atoms with Gasteiger partial charge in [-0.1, -0.05) is 123 Å².